The molecule has 28 heavy (non-hydrogen) atoms. The molecule has 0 spiro atoms. The van der Waals surface area contributed by atoms with E-state index in [0.29, 0.717) is 19.8 Å². The molecular formula is C22H27N3O3. The van der Waals surface area contributed by atoms with Crippen molar-refractivity contribution in [2.45, 2.75) is 19.3 Å². The number of likely N-dealkylation sites (tertiary alicyclic amines) is 1. The predicted octanol–water partition coefficient (Wildman–Crippen LogP) is 4.46. The van der Waals surface area contributed by atoms with Gasteiger partial charge < -0.3 is 14.7 Å². The molecule has 148 valence electrons. The summed E-state index contributed by atoms with van der Waals surface area (Å²) >= 11 is 0. The van der Waals surface area contributed by atoms with Crippen molar-refractivity contribution in [3.63, 3.8) is 0 Å². The van der Waals surface area contributed by atoms with Gasteiger partial charge in [0.1, 0.15) is 0 Å². The minimum Gasteiger partial charge on any atom is -0.481 e. The maximum atomic E-state index is 11.1. The van der Waals surface area contributed by atoms with E-state index in [4.69, 9.17) is 9.84 Å². The lowest BCUT2D eigenvalue weighted by Crippen LogP contribution is -2.40. The van der Waals surface area contributed by atoms with Crippen molar-refractivity contribution < 1.29 is 14.6 Å². The van der Waals surface area contributed by atoms with Gasteiger partial charge in [-0.25, -0.2) is 0 Å². The first-order valence-corrected chi connectivity index (χ1v) is 9.79. The summed E-state index contributed by atoms with van der Waals surface area (Å²) in [6.07, 6.45) is 2.54. The topological polar surface area (TPSA) is 74.5 Å². The van der Waals surface area contributed by atoms with E-state index < -0.39 is 5.97 Å². The largest absolute Gasteiger partial charge is 0.481 e. The lowest BCUT2D eigenvalue weighted by atomic mass is 9.98. The number of ether oxygens (including phenoxy) is 1. The minimum absolute atomic E-state index is 0.235. The number of piperidine rings is 1. The standard InChI is InChI=1S/C22H27N3O3/c26-22(27)19-7-5-12-25(17-19)13-15-28-14-11-18-6-4-10-21(16-18)24-23-20-8-2-1-3-9-20/h1-4,6,8-10,16,19H,5,7,11-15,17H2,(H,26,27). The second-order valence-corrected chi connectivity index (χ2v) is 7.05. The van der Waals surface area contributed by atoms with Crippen LogP contribution in [0.2, 0.25) is 0 Å². The van der Waals surface area contributed by atoms with Gasteiger partial charge in [0.15, 0.2) is 0 Å². The highest BCUT2D eigenvalue weighted by atomic mass is 16.5. The Bertz CT molecular complexity index is 780. The minimum atomic E-state index is -0.685. The molecule has 1 fully saturated rings. The van der Waals surface area contributed by atoms with Crippen molar-refractivity contribution in [1.82, 2.24) is 4.90 Å². The first-order chi connectivity index (χ1) is 13.7. The Morgan fingerprint density at radius 1 is 1.07 bits per heavy atom. The predicted molar refractivity (Wildman–Crippen MR) is 108 cm³/mol. The Hall–Kier alpha value is -2.57. The van der Waals surface area contributed by atoms with Crippen LogP contribution in [0.4, 0.5) is 11.4 Å². The molecule has 6 heteroatoms. The van der Waals surface area contributed by atoms with Crippen molar-refractivity contribution in [3.05, 3.63) is 60.2 Å². The summed E-state index contributed by atoms with van der Waals surface area (Å²) in [5, 5.41) is 17.7. The van der Waals surface area contributed by atoms with Gasteiger partial charge in [-0.2, -0.15) is 10.2 Å². The van der Waals surface area contributed by atoms with Crippen LogP contribution in [0, 0.1) is 5.92 Å². The zero-order chi connectivity index (χ0) is 19.6. The fourth-order valence-corrected chi connectivity index (χ4v) is 3.33. The fraction of sp³-hybridized carbons (Fsp3) is 0.409. The second kappa shape index (κ2) is 10.7. The molecule has 1 atom stereocenters. The van der Waals surface area contributed by atoms with Crippen molar-refractivity contribution >= 4 is 17.3 Å². The SMILES string of the molecule is O=C(O)C1CCCN(CCOCCc2cccc(N=Nc3ccccc3)c2)C1. The molecule has 1 saturated heterocycles. The van der Waals surface area contributed by atoms with Crippen LogP contribution in [0.25, 0.3) is 0 Å². The van der Waals surface area contributed by atoms with E-state index >= 15 is 0 Å². The molecule has 0 aromatic heterocycles. The van der Waals surface area contributed by atoms with Gasteiger partial charge in [-0.15, -0.1) is 0 Å². The second-order valence-electron chi connectivity index (χ2n) is 7.05. The third kappa shape index (κ3) is 6.55. The third-order valence-electron chi connectivity index (χ3n) is 4.89. The lowest BCUT2D eigenvalue weighted by molar-refractivity contribution is -0.143. The Balaban J connectivity index is 1.38. The number of aliphatic carboxylic acids is 1. The van der Waals surface area contributed by atoms with Gasteiger partial charge >= 0.3 is 5.97 Å². The average Bonchev–Trinajstić information content (AvgIpc) is 2.73. The first-order valence-electron chi connectivity index (χ1n) is 9.79. The number of rotatable bonds is 9. The van der Waals surface area contributed by atoms with Gasteiger partial charge in [-0.3, -0.25) is 4.79 Å². The molecule has 0 bridgehead atoms. The molecule has 1 aliphatic rings. The third-order valence-corrected chi connectivity index (χ3v) is 4.89. The number of nitrogens with zero attached hydrogens (tertiary/aromatic N) is 3. The number of hydrogen-bond donors (Lipinski definition) is 1. The monoisotopic (exact) mass is 381 g/mol. The van der Waals surface area contributed by atoms with Crippen molar-refractivity contribution in [1.29, 1.82) is 0 Å². The zero-order valence-electron chi connectivity index (χ0n) is 16.0. The van der Waals surface area contributed by atoms with Crippen LogP contribution in [0.5, 0.6) is 0 Å². The Kier molecular flexibility index (Phi) is 7.70. The van der Waals surface area contributed by atoms with Gasteiger partial charge in [0, 0.05) is 13.1 Å². The van der Waals surface area contributed by atoms with E-state index in [1.807, 2.05) is 48.5 Å². The van der Waals surface area contributed by atoms with E-state index in [-0.39, 0.29) is 5.92 Å². The highest BCUT2D eigenvalue weighted by molar-refractivity contribution is 5.70. The molecule has 2 aromatic carbocycles. The van der Waals surface area contributed by atoms with Gasteiger partial charge in [0.25, 0.3) is 0 Å². The molecular weight excluding hydrogens is 354 g/mol. The van der Waals surface area contributed by atoms with Crippen LogP contribution >= 0.6 is 0 Å². The molecule has 1 aliphatic heterocycles. The van der Waals surface area contributed by atoms with Crippen LogP contribution < -0.4 is 0 Å². The van der Waals surface area contributed by atoms with Gasteiger partial charge in [-0.1, -0.05) is 30.3 Å². The maximum Gasteiger partial charge on any atom is 0.307 e. The summed E-state index contributed by atoms with van der Waals surface area (Å²) in [4.78, 5) is 13.3. The fourth-order valence-electron chi connectivity index (χ4n) is 3.33. The molecule has 3 rings (SSSR count). The smallest absolute Gasteiger partial charge is 0.307 e. The molecule has 6 nitrogen and oxygen atoms in total. The summed E-state index contributed by atoms with van der Waals surface area (Å²) in [5.74, 6) is -0.920. The quantitative estimate of drug-likeness (QED) is 0.514. The number of carbonyl (C=O) groups is 1. The number of carboxylic acid groups (broad SMARTS) is 1. The molecule has 0 aliphatic carbocycles. The van der Waals surface area contributed by atoms with Crippen LogP contribution in [-0.4, -0.2) is 48.8 Å². The van der Waals surface area contributed by atoms with Crippen molar-refractivity contribution in [2.24, 2.45) is 16.1 Å². The summed E-state index contributed by atoms with van der Waals surface area (Å²) < 4.78 is 5.76. The van der Waals surface area contributed by atoms with E-state index in [0.717, 1.165) is 49.3 Å². The van der Waals surface area contributed by atoms with Crippen LogP contribution in [-0.2, 0) is 16.0 Å². The van der Waals surface area contributed by atoms with E-state index in [2.05, 4.69) is 21.2 Å². The van der Waals surface area contributed by atoms with Crippen molar-refractivity contribution in [2.75, 3.05) is 32.8 Å². The molecule has 1 unspecified atom stereocenters. The summed E-state index contributed by atoms with van der Waals surface area (Å²) in [7, 11) is 0. The van der Waals surface area contributed by atoms with Gasteiger partial charge in [0.2, 0.25) is 0 Å². The Morgan fingerprint density at radius 3 is 2.68 bits per heavy atom. The molecule has 0 amide bonds. The molecule has 1 N–H and O–H groups in total. The van der Waals surface area contributed by atoms with E-state index in [1.54, 1.807) is 0 Å². The highest BCUT2D eigenvalue weighted by Gasteiger charge is 2.24. The van der Waals surface area contributed by atoms with Crippen LogP contribution in [0.15, 0.2) is 64.8 Å². The number of hydrogen-bond acceptors (Lipinski definition) is 5. The average molecular weight is 381 g/mol. The zero-order valence-corrected chi connectivity index (χ0v) is 16.0. The normalized spacial score (nSPS) is 17.8. The van der Waals surface area contributed by atoms with E-state index in [9.17, 15) is 4.79 Å². The summed E-state index contributed by atoms with van der Waals surface area (Å²) in [6, 6.07) is 17.7. The number of benzene rings is 2. The maximum absolute atomic E-state index is 11.1. The Morgan fingerprint density at radius 2 is 1.86 bits per heavy atom. The summed E-state index contributed by atoms with van der Waals surface area (Å²) in [5.41, 5.74) is 2.82. The summed E-state index contributed by atoms with van der Waals surface area (Å²) in [6.45, 7) is 3.64. The lowest BCUT2D eigenvalue weighted by Gasteiger charge is -2.30. The first kappa shape index (κ1) is 20.2. The molecule has 2 aromatic rings. The van der Waals surface area contributed by atoms with Gasteiger partial charge in [-0.05, 0) is 55.6 Å². The van der Waals surface area contributed by atoms with Crippen LogP contribution in [0.1, 0.15) is 18.4 Å². The van der Waals surface area contributed by atoms with Gasteiger partial charge in [0.05, 0.1) is 30.5 Å². The highest BCUT2D eigenvalue weighted by Crippen LogP contribution is 2.19. The molecule has 0 radical (unpaired) electrons. The number of azo groups is 1. The Labute approximate surface area is 165 Å². The van der Waals surface area contributed by atoms with Crippen molar-refractivity contribution in [3.8, 4) is 0 Å². The molecule has 0 saturated carbocycles. The number of carboxylic acids is 1. The molecule has 1 heterocycles. The van der Waals surface area contributed by atoms with Crippen LogP contribution in [0.3, 0.4) is 0 Å². The van der Waals surface area contributed by atoms with E-state index in [1.165, 1.54) is 0 Å².